The van der Waals surface area contributed by atoms with Crippen molar-refractivity contribution in [1.82, 2.24) is 0 Å². The van der Waals surface area contributed by atoms with E-state index in [2.05, 4.69) is 5.32 Å². The number of hydrogen-bond acceptors (Lipinski definition) is 4. The van der Waals surface area contributed by atoms with Gasteiger partial charge in [-0.25, -0.2) is 0 Å². The van der Waals surface area contributed by atoms with Crippen LogP contribution < -0.4 is 14.8 Å². The highest BCUT2D eigenvalue weighted by Gasteiger charge is 2.16. The molecule has 3 aromatic rings. The Morgan fingerprint density at radius 2 is 1.85 bits per heavy atom. The first-order valence-electron chi connectivity index (χ1n) is 10.6. The van der Waals surface area contributed by atoms with E-state index in [4.69, 9.17) is 32.7 Å². The number of benzene rings is 3. The van der Waals surface area contributed by atoms with E-state index in [1.165, 1.54) is 6.08 Å². The average molecular weight is 495 g/mol. The second kappa shape index (κ2) is 11.6. The van der Waals surface area contributed by atoms with Gasteiger partial charge in [0.1, 0.15) is 18.2 Å². The number of hydrogen-bond donors (Lipinski definition) is 1. The lowest BCUT2D eigenvalue weighted by Gasteiger charge is -2.15. The lowest BCUT2D eigenvalue weighted by atomic mass is 10.1. The number of nitriles is 1. The zero-order valence-electron chi connectivity index (χ0n) is 19.1. The number of ether oxygens (including phenoxy) is 2. The van der Waals surface area contributed by atoms with Crippen molar-refractivity contribution in [2.75, 3.05) is 11.9 Å². The molecule has 3 aromatic carbocycles. The minimum absolute atomic E-state index is 0.0629. The van der Waals surface area contributed by atoms with Crippen LogP contribution in [0.2, 0.25) is 10.0 Å². The number of rotatable bonds is 8. The standard InChI is InChI=1S/C27H24Cl2N2O3/c1-4-33-25-14-20(13-23(29)26(25)34-16-19-8-6-9-22(28)12-19)11-21(15-30)27(32)31-24-10-5-7-17(2)18(24)3/h5-14H,4,16H2,1-3H3,(H,31,32)/b21-11+. The zero-order chi connectivity index (χ0) is 24.7. The Bertz CT molecular complexity index is 1280. The summed E-state index contributed by atoms with van der Waals surface area (Å²) < 4.78 is 11.6. The molecule has 0 saturated carbocycles. The molecule has 0 aliphatic heterocycles. The maximum absolute atomic E-state index is 12.8. The molecule has 1 N–H and O–H groups in total. The van der Waals surface area contributed by atoms with Gasteiger partial charge in [0.2, 0.25) is 0 Å². The van der Waals surface area contributed by atoms with Crippen molar-refractivity contribution in [1.29, 1.82) is 5.26 Å². The molecule has 0 bridgehead atoms. The average Bonchev–Trinajstić information content (AvgIpc) is 2.80. The Morgan fingerprint density at radius 1 is 1.09 bits per heavy atom. The number of nitrogens with zero attached hydrogens (tertiary/aromatic N) is 1. The molecule has 34 heavy (non-hydrogen) atoms. The van der Waals surface area contributed by atoms with Crippen molar-refractivity contribution in [3.05, 3.63) is 92.5 Å². The van der Waals surface area contributed by atoms with Gasteiger partial charge >= 0.3 is 0 Å². The Labute approximate surface area is 209 Å². The number of nitrogens with one attached hydrogen (secondary N) is 1. The molecule has 0 heterocycles. The lowest BCUT2D eigenvalue weighted by Crippen LogP contribution is -2.14. The van der Waals surface area contributed by atoms with Gasteiger partial charge in [-0.1, -0.05) is 47.5 Å². The van der Waals surface area contributed by atoms with E-state index in [9.17, 15) is 10.1 Å². The van der Waals surface area contributed by atoms with Gasteiger partial charge in [-0.2, -0.15) is 5.26 Å². The summed E-state index contributed by atoms with van der Waals surface area (Å²) in [6, 6.07) is 18.2. The third-order valence-electron chi connectivity index (χ3n) is 5.13. The van der Waals surface area contributed by atoms with E-state index in [1.807, 2.05) is 51.1 Å². The maximum Gasteiger partial charge on any atom is 0.266 e. The fraction of sp³-hybridized carbons (Fsp3) is 0.185. The second-order valence-electron chi connectivity index (χ2n) is 7.55. The third-order valence-corrected chi connectivity index (χ3v) is 5.65. The second-order valence-corrected chi connectivity index (χ2v) is 8.40. The molecule has 0 fully saturated rings. The van der Waals surface area contributed by atoms with E-state index in [1.54, 1.807) is 30.3 Å². The molecule has 0 saturated heterocycles. The first-order valence-corrected chi connectivity index (χ1v) is 11.4. The largest absolute Gasteiger partial charge is 0.490 e. The van der Waals surface area contributed by atoms with E-state index < -0.39 is 5.91 Å². The van der Waals surface area contributed by atoms with E-state index >= 15 is 0 Å². The number of halogens is 2. The highest BCUT2D eigenvalue weighted by Crippen LogP contribution is 2.38. The molecule has 0 unspecified atom stereocenters. The van der Waals surface area contributed by atoms with Crippen LogP contribution in [0.5, 0.6) is 11.5 Å². The van der Waals surface area contributed by atoms with Gasteiger partial charge in [-0.05, 0) is 79.4 Å². The Balaban J connectivity index is 1.86. The minimum atomic E-state index is -0.508. The number of amides is 1. The monoisotopic (exact) mass is 494 g/mol. The van der Waals surface area contributed by atoms with Crippen LogP contribution in [0.3, 0.4) is 0 Å². The number of aryl methyl sites for hydroxylation is 1. The highest BCUT2D eigenvalue weighted by molar-refractivity contribution is 6.32. The molecule has 0 aliphatic rings. The number of carbonyl (C=O) groups excluding carboxylic acids is 1. The molecule has 3 rings (SSSR count). The summed E-state index contributed by atoms with van der Waals surface area (Å²) in [5.41, 5.74) is 4.00. The van der Waals surface area contributed by atoms with E-state index in [-0.39, 0.29) is 12.2 Å². The summed E-state index contributed by atoms with van der Waals surface area (Å²) in [6.45, 7) is 6.35. The Morgan fingerprint density at radius 3 is 2.56 bits per heavy atom. The van der Waals surface area contributed by atoms with Gasteiger partial charge < -0.3 is 14.8 Å². The lowest BCUT2D eigenvalue weighted by molar-refractivity contribution is -0.112. The summed E-state index contributed by atoms with van der Waals surface area (Å²) >= 11 is 12.5. The molecule has 0 spiro atoms. The van der Waals surface area contributed by atoms with Crippen LogP contribution in [0.1, 0.15) is 29.2 Å². The maximum atomic E-state index is 12.8. The Kier molecular flexibility index (Phi) is 8.59. The summed E-state index contributed by atoms with van der Waals surface area (Å²) in [7, 11) is 0. The highest BCUT2D eigenvalue weighted by atomic mass is 35.5. The summed E-state index contributed by atoms with van der Waals surface area (Å²) in [5, 5.41) is 13.3. The summed E-state index contributed by atoms with van der Waals surface area (Å²) in [5.74, 6) is 0.279. The van der Waals surface area contributed by atoms with Crippen molar-refractivity contribution in [2.24, 2.45) is 0 Å². The smallest absolute Gasteiger partial charge is 0.266 e. The summed E-state index contributed by atoms with van der Waals surface area (Å²) in [4.78, 5) is 12.8. The number of carbonyl (C=O) groups is 1. The topological polar surface area (TPSA) is 71.3 Å². The van der Waals surface area contributed by atoms with E-state index in [0.717, 1.165) is 16.7 Å². The van der Waals surface area contributed by atoms with Crippen molar-refractivity contribution in [3.8, 4) is 17.6 Å². The van der Waals surface area contributed by atoms with Crippen LogP contribution in [-0.2, 0) is 11.4 Å². The van der Waals surface area contributed by atoms with Gasteiger partial charge in [-0.15, -0.1) is 0 Å². The minimum Gasteiger partial charge on any atom is -0.490 e. The normalized spacial score (nSPS) is 11.0. The fourth-order valence-corrected chi connectivity index (χ4v) is 3.73. The first-order chi connectivity index (χ1) is 16.3. The number of anilines is 1. The van der Waals surface area contributed by atoms with Gasteiger partial charge in [0.15, 0.2) is 11.5 Å². The van der Waals surface area contributed by atoms with Gasteiger partial charge in [0.05, 0.1) is 11.6 Å². The van der Waals surface area contributed by atoms with E-state index in [0.29, 0.717) is 39.4 Å². The van der Waals surface area contributed by atoms with Crippen molar-refractivity contribution in [3.63, 3.8) is 0 Å². The molecule has 1 amide bonds. The predicted molar refractivity (Wildman–Crippen MR) is 137 cm³/mol. The molecule has 0 aromatic heterocycles. The molecule has 7 heteroatoms. The van der Waals surface area contributed by atoms with Crippen LogP contribution in [0.15, 0.2) is 60.2 Å². The quantitative estimate of drug-likeness (QED) is 0.267. The molecular formula is C27H24Cl2N2O3. The van der Waals surface area contributed by atoms with Gasteiger partial charge in [0, 0.05) is 10.7 Å². The van der Waals surface area contributed by atoms with Crippen LogP contribution in [0.4, 0.5) is 5.69 Å². The zero-order valence-corrected chi connectivity index (χ0v) is 20.6. The van der Waals surface area contributed by atoms with Crippen LogP contribution in [-0.4, -0.2) is 12.5 Å². The molecule has 0 radical (unpaired) electrons. The van der Waals surface area contributed by atoms with Gasteiger partial charge in [0.25, 0.3) is 5.91 Å². The fourth-order valence-electron chi connectivity index (χ4n) is 3.25. The van der Waals surface area contributed by atoms with Crippen molar-refractivity contribution >= 4 is 40.9 Å². The van der Waals surface area contributed by atoms with Crippen molar-refractivity contribution in [2.45, 2.75) is 27.4 Å². The summed E-state index contributed by atoms with van der Waals surface area (Å²) in [6.07, 6.45) is 1.47. The molecule has 0 aliphatic carbocycles. The van der Waals surface area contributed by atoms with Crippen LogP contribution >= 0.6 is 23.2 Å². The van der Waals surface area contributed by atoms with Gasteiger partial charge in [-0.3, -0.25) is 4.79 Å². The molecule has 0 atom stereocenters. The Hall–Kier alpha value is -3.46. The SMILES string of the molecule is CCOc1cc(/C=C(\C#N)C(=O)Nc2cccc(C)c2C)cc(Cl)c1OCc1cccc(Cl)c1. The predicted octanol–water partition coefficient (Wildman–Crippen LogP) is 7.13. The van der Waals surface area contributed by atoms with Crippen LogP contribution in [0.25, 0.3) is 6.08 Å². The van der Waals surface area contributed by atoms with Crippen molar-refractivity contribution < 1.29 is 14.3 Å². The molecule has 174 valence electrons. The van der Waals surface area contributed by atoms with Crippen LogP contribution in [0, 0.1) is 25.2 Å². The first kappa shape index (κ1) is 25.2. The molecule has 5 nitrogen and oxygen atoms in total. The molecular weight excluding hydrogens is 471 g/mol. The third kappa shape index (κ3) is 6.32.